The third-order valence-electron chi connectivity index (χ3n) is 3.51. The highest BCUT2D eigenvalue weighted by atomic mass is 16.5. The fraction of sp³-hybridized carbons (Fsp3) is 0.917. The maximum Gasteiger partial charge on any atom is 0.0933 e. The summed E-state index contributed by atoms with van der Waals surface area (Å²) in [6.45, 7) is 5.06. The van der Waals surface area contributed by atoms with E-state index >= 15 is 0 Å². The van der Waals surface area contributed by atoms with Crippen molar-refractivity contribution in [3.05, 3.63) is 0 Å². The summed E-state index contributed by atoms with van der Waals surface area (Å²) in [6.07, 6.45) is 5.78. The molecule has 16 heavy (non-hydrogen) atoms. The van der Waals surface area contributed by atoms with Crippen molar-refractivity contribution in [1.82, 2.24) is 10.2 Å². The molecule has 0 aromatic rings. The molecule has 2 fully saturated rings. The zero-order valence-electron chi connectivity index (χ0n) is 10.0. The maximum atomic E-state index is 7.74. The van der Waals surface area contributed by atoms with Crippen molar-refractivity contribution in [1.29, 1.82) is 5.41 Å². The van der Waals surface area contributed by atoms with Crippen LogP contribution in [0.1, 0.15) is 32.1 Å². The van der Waals surface area contributed by atoms with E-state index in [-0.39, 0.29) is 0 Å². The van der Waals surface area contributed by atoms with E-state index in [1.165, 1.54) is 25.7 Å². The summed E-state index contributed by atoms with van der Waals surface area (Å²) >= 11 is 0. The average Bonchev–Trinajstić information content (AvgIpc) is 2.52. The van der Waals surface area contributed by atoms with E-state index in [2.05, 4.69) is 10.2 Å². The van der Waals surface area contributed by atoms with E-state index in [4.69, 9.17) is 10.1 Å². The molecule has 0 amide bonds. The number of rotatable bonds is 3. The Morgan fingerprint density at radius 2 is 2.12 bits per heavy atom. The van der Waals surface area contributed by atoms with Gasteiger partial charge in [0.05, 0.1) is 19.0 Å². The van der Waals surface area contributed by atoms with E-state index in [1.807, 2.05) is 0 Å². The molecule has 2 aliphatic heterocycles. The fourth-order valence-corrected chi connectivity index (χ4v) is 2.46. The lowest BCUT2D eigenvalue weighted by molar-refractivity contribution is 0.0363. The van der Waals surface area contributed by atoms with Crippen molar-refractivity contribution < 1.29 is 4.74 Å². The molecule has 4 heteroatoms. The first kappa shape index (κ1) is 11.9. The van der Waals surface area contributed by atoms with Crippen LogP contribution in [-0.2, 0) is 4.74 Å². The van der Waals surface area contributed by atoms with Gasteiger partial charge in [0.2, 0.25) is 0 Å². The molecule has 0 aliphatic carbocycles. The number of nitrogens with zero attached hydrogens (tertiary/aromatic N) is 1. The Labute approximate surface area is 97.9 Å². The molecule has 2 rings (SSSR count). The highest BCUT2D eigenvalue weighted by Crippen LogP contribution is 2.12. The van der Waals surface area contributed by atoms with Crippen LogP contribution in [0.15, 0.2) is 0 Å². The zero-order chi connectivity index (χ0) is 11.2. The van der Waals surface area contributed by atoms with Crippen molar-refractivity contribution in [3.8, 4) is 0 Å². The molecule has 2 saturated heterocycles. The van der Waals surface area contributed by atoms with Crippen LogP contribution in [0.4, 0.5) is 0 Å². The quantitative estimate of drug-likeness (QED) is 0.759. The number of amidine groups is 1. The van der Waals surface area contributed by atoms with E-state index in [9.17, 15) is 0 Å². The van der Waals surface area contributed by atoms with Crippen LogP contribution in [0.5, 0.6) is 0 Å². The molecule has 0 spiro atoms. The van der Waals surface area contributed by atoms with E-state index in [1.54, 1.807) is 0 Å². The molecular weight excluding hydrogens is 202 g/mol. The number of hydrogen-bond acceptors (Lipinski definition) is 3. The van der Waals surface area contributed by atoms with Gasteiger partial charge in [-0.15, -0.1) is 0 Å². The summed E-state index contributed by atoms with van der Waals surface area (Å²) in [5.41, 5.74) is 0. The molecule has 0 aromatic carbocycles. The van der Waals surface area contributed by atoms with Gasteiger partial charge in [0.1, 0.15) is 0 Å². The number of nitrogens with one attached hydrogen (secondary N) is 2. The lowest BCUT2D eigenvalue weighted by Gasteiger charge is -2.28. The third-order valence-corrected chi connectivity index (χ3v) is 3.51. The molecule has 1 unspecified atom stereocenters. The first-order valence-electron chi connectivity index (χ1n) is 6.48. The van der Waals surface area contributed by atoms with Crippen LogP contribution in [0.2, 0.25) is 0 Å². The summed E-state index contributed by atoms with van der Waals surface area (Å²) in [7, 11) is 0. The van der Waals surface area contributed by atoms with E-state index < -0.39 is 0 Å². The summed E-state index contributed by atoms with van der Waals surface area (Å²) in [5, 5.41) is 11.1. The molecule has 2 aliphatic rings. The molecule has 1 atom stereocenters. The van der Waals surface area contributed by atoms with Crippen molar-refractivity contribution >= 4 is 5.84 Å². The number of ether oxygens (including phenoxy) is 1. The van der Waals surface area contributed by atoms with Gasteiger partial charge in [0.25, 0.3) is 0 Å². The monoisotopic (exact) mass is 225 g/mol. The van der Waals surface area contributed by atoms with Crippen LogP contribution in [-0.4, -0.2) is 49.6 Å². The van der Waals surface area contributed by atoms with Crippen molar-refractivity contribution in [2.75, 3.05) is 32.8 Å². The molecule has 4 nitrogen and oxygen atoms in total. The van der Waals surface area contributed by atoms with Gasteiger partial charge in [-0.2, -0.15) is 0 Å². The Balaban J connectivity index is 1.69. The Morgan fingerprint density at radius 3 is 2.94 bits per heavy atom. The first-order valence-corrected chi connectivity index (χ1v) is 6.48. The van der Waals surface area contributed by atoms with Crippen LogP contribution in [0.3, 0.4) is 0 Å². The predicted molar refractivity (Wildman–Crippen MR) is 65.0 cm³/mol. The Hall–Kier alpha value is -0.610. The summed E-state index contributed by atoms with van der Waals surface area (Å²) < 4.78 is 5.34. The lowest BCUT2D eigenvalue weighted by Crippen LogP contribution is -2.40. The van der Waals surface area contributed by atoms with Gasteiger partial charge in [-0.05, 0) is 19.3 Å². The minimum absolute atomic E-state index is 0.526. The largest absolute Gasteiger partial charge is 0.379 e. The number of hydrogen-bond donors (Lipinski definition) is 2. The van der Waals surface area contributed by atoms with Crippen molar-refractivity contribution in [2.45, 2.75) is 38.1 Å². The molecule has 0 radical (unpaired) electrons. The Kier molecular flexibility index (Phi) is 4.60. The molecule has 2 heterocycles. The SMILES string of the molecule is N=C1CCCCC(CCN2CCOCC2)N1. The topological polar surface area (TPSA) is 48.4 Å². The minimum atomic E-state index is 0.526. The molecule has 2 N–H and O–H groups in total. The molecule has 0 bridgehead atoms. The lowest BCUT2D eigenvalue weighted by atomic mass is 10.1. The van der Waals surface area contributed by atoms with Gasteiger partial charge < -0.3 is 10.1 Å². The zero-order valence-corrected chi connectivity index (χ0v) is 10.0. The maximum absolute atomic E-state index is 7.74. The van der Waals surface area contributed by atoms with Gasteiger partial charge in [-0.25, -0.2) is 0 Å². The average molecular weight is 225 g/mol. The van der Waals surface area contributed by atoms with Crippen LogP contribution in [0, 0.1) is 5.41 Å². The first-order chi connectivity index (χ1) is 7.84. The van der Waals surface area contributed by atoms with Crippen molar-refractivity contribution in [3.63, 3.8) is 0 Å². The highest BCUT2D eigenvalue weighted by molar-refractivity contribution is 5.79. The van der Waals surface area contributed by atoms with Gasteiger partial charge in [0, 0.05) is 32.1 Å². The van der Waals surface area contributed by atoms with Gasteiger partial charge in [-0.3, -0.25) is 10.3 Å². The van der Waals surface area contributed by atoms with Crippen molar-refractivity contribution in [2.24, 2.45) is 0 Å². The van der Waals surface area contributed by atoms with Crippen LogP contribution in [0.25, 0.3) is 0 Å². The predicted octanol–water partition coefficient (Wildman–Crippen LogP) is 1.22. The summed E-state index contributed by atoms with van der Waals surface area (Å²) in [4.78, 5) is 2.47. The third kappa shape index (κ3) is 3.76. The van der Waals surface area contributed by atoms with Gasteiger partial charge in [-0.1, -0.05) is 6.42 Å². The standard InChI is InChI=1S/C12H23N3O/c13-12-4-2-1-3-11(14-12)5-6-15-7-9-16-10-8-15/h11H,1-10H2,(H2,13,14). The normalized spacial score (nSPS) is 28.5. The minimum Gasteiger partial charge on any atom is -0.379 e. The second-order valence-electron chi connectivity index (χ2n) is 4.81. The van der Waals surface area contributed by atoms with Gasteiger partial charge >= 0.3 is 0 Å². The fourth-order valence-electron chi connectivity index (χ4n) is 2.46. The second kappa shape index (κ2) is 6.21. The molecule has 92 valence electrons. The molecular formula is C12H23N3O. The molecule has 0 saturated carbocycles. The second-order valence-corrected chi connectivity index (χ2v) is 4.81. The number of morpholine rings is 1. The van der Waals surface area contributed by atoms with E-state index in [0.717, 1.165) is 45.1 Å². The molecule has 0 aromatic heterocycles. The smallest absolute Gasteiger partial charge is 0.0933 e. The summed E-state index contributed by atoms with van der Waals surface area (Å²) in [6, 6.07) is 0.526. The van der Waals surface area contributed by atoms with Crippen LogP contribution < -0.4 is 5.32 Å². The Bertz CT molecular complexity index is 226. The Morgan fingerprint density at radius 1 is 1.31 bits per heavy atom. The van der Waals surface area contributed by atoms with Gasteiger partial charge in [0.15, 0.2) is 0 Å². The van der Waals surface area contributed by atoms with Crippen LogP contribution >= 0.6 is 0 Å². The summed E-state index contributed by atoms with van der Waals surface area (Å²) in [5.74, 6) is 0.740. The highest BCUT2D eigenvalue weighted by Gasteiger charge is 2.16. The van der Waals surface area contributed by atoms with E-state index in [0.29, 0.717) is 6.04 Å².